The largest absolute Gasteiger partial charge is 0.458 e. The van der Waals surface area contributed by atoms with Crippen LogP contribution in [0.2, 0.25) is 0 Å². The first-order chi connectivity index (χ1) is 12.5. The van der Waals surface area contributed by atoms with E-state index in [9.17, 15) is 9.59 Å². The highest BCUT2D eigenvalue weighted by atomic mass is 127. The van der Waals surface area contributed by atoms with E-state index in [0.717, 1.165) is 14.1 Å². The Kier molecular flexibility index (Phi) is 5.99. The Labute approximate surface area is 167 Å². The molecule has 0 unspecified atom stereocenters. The number of nitrogens with one attached hydrogen (secondary N) is 1. The first kappa shape index (κ1) is 18.5. The van der Waals surface area contributed by atoms with Gasteiger partial charge in [0.25, 0.3) is 5.91 Å². The molecule has 0 aliphatic rings. The van der Waals surface area contributed by atoms with Crippen LogP contribution < -0.4 is 5.32 Å². The van der Waals surface area contributed by atoms with Gasteiger partial charge in [-0.25, -0.2) is 4.98 Å². The zero-order chi connectivity index (χ0) is 18.5. The number of rotatable bonds is 6. The van der Waals surface area contributed by atoms with E-state index in [1.54, 1.807) is 23.0 Å². The molecule has 0 saturated heterocycles. The molecule has 0 bridgehead atoms. The molecule has 0 atom stereocenters. The Morgan fingerprint density at radius 2 is 2.15 bits per heavy atom. The van der Waals surface area contributed by atoms with E-state index in [1.807, 2.05) is 30.8 Å². The quantitative estimate of drug-likeness (QED) is 0.432. The molecule has 0 saturated carbocycles. The van der Waals surface area contributed by atoms with Crippen LogP contribution in [0.4, 0.5) is 0 Å². The lowest BCUT2D eigenvalue weighted by atomic mass is 10.2. The highest BCUT2D eigenvalue weighted by Crippen LogP contribution is 2.23. The molecule has 1 N–H and O–H groups in total. The number of hydrogen-bond donors (Lipinski definition) is 1. The maximum Gasteiger partial charge on any atom is 0.325 e. The number of ether oxygens (including phenoxy) is 1. The number of carbonyl (C=O) groups excluding carboxylic acids is 2. The monoisotopic (exact) mass is 482 g/mol. The number of amides is 1. The number of benzene rings is 1. The Balaban J connectivity index is 1.48. The number of aryl methyl sites for hydroxylation is 1. The van der Waals surface area contributed by atoms with E-state index in [-0.39, 0.29) is 19.1 Å². The van der Waals surface area contributed by atoms with Crippen molar-refractivity contribution in [1.29, 1.82) is 0 Å². The van der Waals surface area contributed by atoms with Crippen molar-refractivity contribution in [2.75, 3.05) is 6.54 Å². The van der Waals surface area contributed by atoms with Gasteiger partial charge in [0, 0.05) is 27.8 Å². The van der Waals surface area contributed by atoms with Gasteiger partial charge in [0.05, 0.1) is 17.5 Å². The Morgan fingerprint density at radius 3 is 2.88 bits per heavy atom. The van der Waals surface area contributed by atoms with Gasteiger partial charge in [-0.2, -0.15) is 5.10 Å². The standard InChI is InChI=1S/C17H15IN4O3S/c1-22-8-11(6-20-22)17-21-12(10-26-17)9-25-15(23)7-19-16(24)13-4-2-3-5-14(13)18/h2-6,8,10H,7,9H2,1H3,(H,19,24). The summed E-state index contributed by atoms with van der Waals surface area (Å²) in [4.78, 5) is 28.3. The number of thiazole rings is 1. The van der Waals surface area contributed by atoms with E-state index in [0.29, 0.717) is 11.3 Å². The van der Waals surface area contributed by atoms with Gasteiger partial charge in [-0.15, -0.1) is 11.3 Å². The third-order valence-electron chi connectivity index (χ3n) is 3.40. The van der Waals surface area contributed by atoms with E-state index in [1.165, 1.54) is 11.3 Å². The normalized spacial score (nSPS) is 10.5. The molecule has 2 heterocycles. The van der Waals surface area contributed by atoms with Crippen LogP contribution >= 0.6 is 33.9 Å². The topological polar surface area (TPSA) is 86.1 Å². The number of aromatic nitrogens is 3. The summed E-state index contributed by atoms with van der Waals surface area (Å²) in [6.07, 6.45) is 3.60. The van der Waals surface area contributed by atoms with Crippen molar-refractivity contribution in [2.45, 2.75) is 6.61 Å². The van der Waals surface area contributed by atoms with E-state index >= 15 is 0 Å². The van der Waals surface area contributed by atoms with Crippen LogP contribution in [0.15, 0.2) is 42.0 Å². The molecule has 0 radical (unpaired) electrons. The molecule has 3 aromatic rings. The van der Waals surface area contributed by atoms with Crippen LogP contribution in [0.25, 0.3) is 10.6 Å². The molecule has 7 nitrogen and oxygen atoms in total. The van der Waals surface area contributed by atoms with Crippen molar-refractivity contribution in [1.82, 2.24) is 20.1 Å². The van der Waals surface area contributed by atoms with Gasteiger partial charge in [-0.1, -0.05) is 12.1 Å². The summed E-state index contributed by atoms with van der Waals surface area (Å²) in [6.45, 7) is -0.127. The highest BCUT2D eigenvalue weighted by molar-refractivity contribution is 14.1. The maximum absolute atomic E-state index is 12.1. The molecule has 3 rings (SSSR count). The van der Waals surface area contributed by atoms with Crippen molar-refractivity contribution in [2.24, 2.45) is 7.05 Å². The zero-order valence-electron chi connectivity index (χ0n) is 13.8. The fraction of sp³-hybridized carbons (Fsp3) is 0.176. The third-order valence-corrected chi connectivity index (χ3v) is 5.28. The summed E-state index contributed by atoms with van der Waals surface area (Å²) < 4.78 is 7.69. The fourth-order valence-corrected chi connectivity index (χ4v) is 3.55. The Hall–Kier alpha value is -2.27. The second-order valence-corrected chi connectivity index (χ2v) is 7.39. The van der Waals surface area contributed by atoms with Gasteiger partial charge >= 0.3 is 5.97 Å². The first-order valence-corrected chi connectivity index (χ1v) is 9.60. The predicted molar refractivity (Wildman–Crippen MR) is 106 cm³/mol. The lowest BCUT2D eigenvalue weighted by Crippen LogP contribution is -2.31. The minimum absolute atomic E-state index is 0.0638. The molecule has 0 aliphatic heterocycles. The molecule has 9 heteroatoms. The summed E-state index contributed by atoms with van der Waals surface area (Å²) >= 11 is 3.53. The molecule has 0 aliphatic carbocycles. The lowest BCUT2D eigenvalue weighted by molar-refractivity contribution is -0.143. The second kappa shape index (κ2) is 8.41. The molecule has 0 fully saturated rings. The molecule has 26 heavy (non-hydrogen) atoms. The van der Waals surface area contributed by atoms with E-state index < -0.39 is 5.97 Å². The smallest absolute Gasteiger partial charge is 0.325 e. The molecular weight excluding hydrogens is 467 g/mol. The number of hydrogen-bond acceptors (Lipinski definition) is 6. The van der Waals surface area contributed by atoms with Crippen molar-refractivity contribution >= 4 is 45.8 Å². The summed E-state index contributed by atoms with van der Waals surface area (Å²) in [5, 5.41) is 9.32. The van der Waals surface area contributed by atoms with Gasteiger partial charge in [-0.3, -0.25) is 14.3 Å². The fourth-order valence-electron chi connectivity index (χ4n) is 2.14. The SMILES string of the molecule is Cn1cc(-c2nc(COC(=O)CNC(=O)c3ccccc3I)cs2)cn1. The van der Waals surface area contributed by atoms with Crippen molar-refractivity contribution < 1.29 is 14.3 Å². The van der Waals surface area contributed by atoms with Crippen molar-refractivity contribution in [3.05, 3.63) is 56.9 Å². The summed E-state index contributed by atoms with van der Waals surface area (Å²) in [7, 11) is 1.84. The van der Waals surface area contributed by atoms with Gasteiger partial charge < -0.3 is 10.1 Å². The molecule has 1 amide bonds. The third kappa shape index (κ3) is 4.67. The number of carbonyl (C=O) groups is 2. The predicted octanol–water partition coefficient (Wildman–Crippen LogP) is 2.62. The minimum atomic E-state index is -0.514. The second-order valence-electron chi connectivity index (χ2n) is 5.37. The highest BCUT2D eigenvalue weighted by Gasteiger charge is 2.12. The number of nitrogens with zero attached hydrogens (tertiary/aromatic N) is 3. The average Bonchev–Trinajstić information content (AvgIpc) is 3.27. The average molecular weight is 482 g/mol. The van der Waals surface area contributed by atoms with Crippen LogP contribution in [-0.4, -0.2) is 33.2 Å². The van der Waals surface area contributed by atoms with Gasteiger partial charge in [0.2, 0.25) is 0 Å². The van der Waals surface area contributed by atoms with Gasteiger partial charge in [0.15, 0.2) is 0 Å². The lowest BCUT2D eigenvalue weighted by Gasteiger charge is -2.06. The maximum atomic E-state index is 12.1. The number of esters is 1. The van der Waals surface area contributed by atoms with Gasteiger partial charge in [0.1, 0.15) is 18.2 Å². The van der Waals surface area contributed by atoms with Crippen LogP contribution in [0.3, 0.4) is 0 Å². The first-order valence-electron chi connectivity index (χ1n) is 7.64. The Morgan fingerprint density at radius 1 is 1.35 bits per heavy atom. The molecule has 2 aromatic heterocycles. The molecular formula is C17H15IN4O3S. The molecule has 0 spiro atoms. The summed E-state index contributed by atoms with van der Waals surface area (Å²) in [5.41, 5.74) is 2.10. The number of halogens is 1. The zero-order valence-corrected chi connectivity index (χ0v) is 16.8. The van der Waals surface area contributed by atoms with Crippen molar-refractivity contribution in [3.63, 3.8) is 0 Å². The van der Waals surface area contributed by atoms with Crippen molar-refractivity contribution in [3.8, 4) is 10.6 Å². The van der Waals surface area contributed by atoms with Crippen LogP contribution in [0.5, 0.6) is 0 Å². The Bertz CT molecular complexity index is 937. The van der Waals surface area contributed by atoms with E-state index in [2.05, 4.69) is 38.0 Å². The summed E-state index contributed by atoms with van der Waals surface area (Å²) in [6, 6.07) is 7.16. The van der Waals surface area contributed by atoms with Crippen LogP contribution in [0, 0.1) is 3.57 Å². The van der Waals surface area contributed by atoms with E-state index in [4.69, 9.17) is 4.74 Å². The van der Waals surface area contributed by atoms with Crippen LogP contribution in [0.1, 0.15) is 16.1 Å². The molecule has 1 aromatic carbocycles. The minimum Gasteiger partial charge on any atom is -0.458 e. The summed E-state index contributed by atoms with van der Waals surface area (Å²) in [5.74, 6) is -0.820. The van der Waals surface area contributed by atoms with Gasteiger partial charge in [-0.05, 0) is 34.7 Å². The molecule has 134 valence electrons. The van der Waals surface area contributed by atoms with Crippen LogP contribution in [-0.2, 0) is 23.2 Å².